The minimum absolute atomic E-state index is 0.169. The molecule has 1 aromatic rings. The van der Waals surface area contributed by atoms with E-state index in [1.54, 1.807) is 24.3 Å². The Morgan fingerprint density at radius 3 is 2.55 bits per heavy atom. The standard InChI is InChI=1S/C16H23BrO3/c1-2-3-4-8-11-14(12-17)20-16(19)15(18)13-9-6-5-7-10-13/h5-7,9-10,14-15,18H,2-4,8,11-12H2,1H3/t14-,15-/m0/s1. The van der Waals surface area contributed by atoms with Crippen LogP contribution in [0.4, 0.5) is 0 Å². The Morgan fingerprint density at radius 1 is 1.25 bits per heavy atom. The summed E-state index contributed by atoms with van der Waals surface area (Å²) in [6.07, 6.45) is 4.04. The molecule has 0 heterocycles. The summed E-state index contributed by atoms with van der Waals surface area (Å²) >= 11 is 3.36. The average molecular weight is 343 g/mol. The maximum atomic E-state index is 11.9. The topological polar surface area (TPSA) is 46.5 Å². The van der Waals surface area contributed by atoms with Crippen molar-refractivity contribution in [1.29, 1.82) is 0 Å². The number of ether oxygens (including phenoxy) is 1. The van der Waals surface area contributed by atoms with Crippen LogP contribution in [0.5, 0.6) is 0 Å². The number of hydrogen-bond acceptors (Lipinski definition) is 3. The van der Waals surface area contributed by atoms with Gasteiger partial charge in [-0.2, -0.15) is 0 Å². The fraction of sp³-hybridized carbons (Fsp3) is 0.562. The molecule has 0 aliphatic carbocycles. The summed E-state index contributed by atoms with van der Waals surface area (Å²) in [4.78, 5) is 11.9. The second-order valence-electron chi connectivity index (χ2n) is 4.88. The molecule has 0 amide bonds. The predicted octanol–water partition coefficient (Wildman–Crippen LogP) is 4.00. The third-order valence-electron chi connectivity index (χ3n) is 3.17. The quantitative estimate of drug-likeness (QED) is 0.419. The maximum Gasteiger partial charge on any atom is 0.339 e. The number of halogens is 1. The van der Waals surface area contributed by atoms with E-state index in [1.807, 2.05) is 6.07 Å². The molecule has 4 heteroatoms. The van der Waals surface area contributed by atoms with E-state index in [9.17, 15) is 9.90 Å². The Kier molecular flexibility index (Phi) is 8.54. The van der Waals surface area contributed by atoms with Crippen molar-refractivity contribution in [3.63, 3.8) is 0 Å². The van der Waals surface area contributed by atoms with E-state index in [2.05, 4.69) is 22.9 Å². The first-order chi connectivity index (χ1) is 9.69. The highest BCUT2D eigenvalue weighted by atomic mass is 79.9. The smallest absolute Gasteiger partial charge is 0.339 e. The van der Waals surface area contributed by atoms with Crippen LogP contribution in [-0.4, -0.2) is 22.5 Å². The zero-order valence-electron chi connectivity index (χ0n) is 11.9. The van der Waals surface area contributed by atoms with Gasteiger partial charge in [0.1, 0.15) is 6.10 Å². The summed E-state index contributed by atoms with van der Waals surface area (Å²) in [5.74, 6) is -0.573. The molecule has 0 saturated heterocycles. The van der Waals surface area contributed by atoms with E-state index < -0.39 is 12.1 Å². The Bertz CT molecular complexity index is 381. The first-order valence-electron chi connectivity index (χ1n) is 7.18. The minimum atomic E-state index is -1.20. The zero-order valence-corrected chi connectivity index (χ0v) is 13.5. The second-order valence-corrected chi connectivity index (χ2v) is 5.52. The molecule has 0 aliphatic rings. The molecule has 0 spiro atoms. The fourth-order valence-electron chi connectivity index (χ4n) is 1.97. The summed E-state index contributed by atoms with van der Waals surface area (Å²) in [7, 11) is 0. The number of hydrogen-bond donors (Lipinski definition) is 1. The number of unbranched alkanes of at least 4 members (excludes halogenated alkanes) is 3. The van der Waals surface area contributed by atoms with Crippen LogP contribution in [0.3, 0.4) is 0 Å². The first kappa shape index (κ1) is 17.2. The lowest BCUT2D eigenvalue weighted by Crippen LogP contribution is -2.24. The van der Waals surface area contributed by atoms with Crippen LogP contribution in [0.15, 0.2) is 30.3 Å². The summed E-state index contributed by atoms with van der Waals surface area (Å²) < 4.78 is 5.36. The lowest BCUT2D eigenvalue weighted by atomic mass is 10.1. The molecule has 0 aliphatic heterocycles. The average Bonchev–Trinajstić information content (AvgIpc) is 2.50. The molecule has 1 N–H and O–H groups in total. The van der Waals surface area contributed by atoms with Gasteiger partial charge in [-0.05, 0) is 18.4 Å². The van der Waals surface area contributed by atoms with E-state index in [0.29, 0.717) is 10.9 Å². The number of alkyl halides is 1. The molecule has 20 heavy (non-hydrogen) atoms. The van der Waals surface area contributed by atoms with Crippen LogP contribution >= 0.6 is 15.9 Å². The molecular weight excluding hydrogens is 320 g/mol. The molecular formula is C16H23BrO3. The van der Waals surface area contributed by atoms with E-state index in [0.717, 1.165) is 19.3 Å². The molecule has 0 bridgehead atoms. The molecule has 1 rings (SSSR count). The van der Waals surface area contributed by atoms with Gasteiger partial charge in [0.2, 0.25) is 0 Å². The van der Waals surface area contributed by atoms with Crippen molar-refractivity contribution in [3.8, 4) is 0 Å². The van der Waals surface area contributed by atoms with Gasteiger partial charge in [-0.25, -0.2) is 4.79 Å². The summed E-state index contributed by atoms with van der Waals surface area (Å²) in [5, 5.41) is 10.6. The Labute approximate surface area is 129 Å². The van der Waals surface area contributed by atoms with Crippen molar-refractivity contribution in [2.75, 3.05) is 5.33 Å². The minimum Gasteiger partial charge on any atom is -0.459 e. The lowest BCUT2D eigenvalue weighted by molar-refractivity contribution is -0.158. The van der Waals surface area contributed by atoms with Gasteiger partial charge in [-0.15, -0.1) is 0 Å². The van der Waals surface area contributed by atoms with Crippen LogP contribution in [0, 0.1) is 0 Å². The van der Waals surface area contributed by atoms with Crippen molar-refractivity contribution in [3.05, 3.63) is 35.9 Å². The van der Waals surface area contributed by atoms with Crippen LogP contribution in [0.2, 0.25) is 0 Å². The van der Waals surface area contributed by atoms with Crippen LogP contribution < -0.4 is 0 Å². The highest BCUT2D eigenvalue weighted by Gasteiger charge is 2.22. The molecule has 112 valence electrons. The van der Waals surface area contributed by atoms with Crippen LogP contribution in [-0.2, 0) is 9.53 Å². The van der Waals surface area contributed by atoms with Gasteiger partial charge in [0, 0.05) is 5.33 Å². The SMILES string of the molecule is CCCCCC[C@@H](CBr)OC(=O)[C@@H](O)c1ccccc1. The lowest BCUT2D eigenvalue weighted by Gasteiger charge is -2.18. The number of rotatable bonds is 9. The maximum absolute atomic E-state index is 11.9. The third-order valence-corrected chi connectivity index (χ3v) is 3.90. The van der Waals surface area contributed by atoms with Crippen molar-refractivity contribution in [1.82, 2.24) is 0 Å². The predicted molar refractivity (Wildman–Crippen MR) is 83.8 cm³/mol. The number of esters is 1. The second kappa shape index (κ2) is 9.94. The van der Waals surface area contributed by atoms with Gasteiger partial charge in [0.25, 0.3) is 0 Å². The normalized spacial score (nSPS) is 13.8. The fourth-order valence-corrected chi connectivity index (χ4v) is 2.42. The van der Waals surface area contributed by atoms with Crippen molar-refractivity contribution < 1.29 is 14.6 Å². The van der Waals surface area contributed by atoms with Gasteiger partial charge in [0.05, 0.1) is 0 Å². The number of aliphatic hydroxyl groups is 1. The Morgan fingerprint density at radius 2 is 1.95 bits per heavy atom. The monoisotopic (exact) mass is 342 g/mol. The zero-order chi connectivity index (χ0) is 14.8. The molecule has 3 nitrogen and oxygen atoms in total. The van der Waals surface area contributed by atoms with Crippen molar-refractivity contribution in [2.45, 2.75) is 51.2 Å². The summed E-state index contributed by atoms with van der Waals surface area (Å²) in [6, 6.07) is 8.86. The molecule has 0 radical (unpaired) electrons. The summed E-state index contributed by atoms with van der Waals surface area (Å²) in [6.45, 7) is 2.16. The van der Waals surface area contributed by atoms with Crippen molar-refractivity contribution in [2.24, 2.45) is 0 Å². The largest absolute Gasteiger partial charge is 0.459 e. The highest BCUT2D eigenvalue weighted by Crippen LogP contribution is 2.17. The molecule has 0 saturated carbocycles. The van der Waals surface area contributed by atoms with E-state index in [-0.39, 0.29) is 6.10 Å². The van der Waals surface area contributed by atoms with Crippen molar-refractivity contribution >= 4 is 21.9 Å². The Hall–Kier alpha value is -0.870. The Balaban J connectivity index is 2.42. The van der Waals surface area contributed by atoms with E-state index in [4.69, 9.17) is 4.74 Å². The number of aliphatic hydroxyl groups excluding tert-OH is 1. The van der Waals surface area contributed by atoms with Gasteiger partial charge >= 0.3 is 5.97 Å². The molecule has 1 aromatic carbocycles. The van der Waals surface area contributed by atoms with Gasteiger partial charge in [0.15, 0.2) is 6.10 Å². The number of carbonyl (C=O) groups is 1. The van der Waals surface area contributed by atoms with Crippen LogP contribution in [0.25, 0.3) is 0 Å². The van der Waals surface area contributed by atoms with Gasteiger partial charge in [-0.3, -0.25) is 0 Å². The molecule has 0 fully saturated rings. The van der Waals surface area contributed by atoms with Gasteiger partial charge in [-0.1, -0.05) is 72.4 Å². The van der Waals surface area contributed by atoms with E-state index >= 15 is 0 Å². The molecule has 2 atom stereocenters. The summed E-state index contributed by atoms with van der Waals surface area (Å²) in [5.41, 5.74) is 0.566. The number of benzene rings is 1. The molecule has 0 aromatic heterocycles. The molecule has 0 unspecified atom stereocenters. The van der Waals surface area contributed by atoms with E-state index in [1.165, 1.54) is 12.8 Å². The first-order valence-corrected chi connectivity index (χ1v) is 8.30. The van der Waals surface area contributed by atoms with Gasteiger partial charge < -0.3 is 9.84 Å². The number of carbonyl (C=O) groups excluding carboxylic acids is 1. The third kappa shape index (κ3) is 6.06. The van der Waals surface area contributed by atoms with Crippen LogP contribution in [0.1, 0.15) is 50.7 Å². The highest BCUT2D eigenvalue weighted by molar-refractivity contribution is 9.09.